The summed E-state index contributed by atoms with van der Waals surface area (Å²) >= 11 is 6.12. The number of piperidine rings is 1. The van der Waals surface area contributed by atoms with Gasteiger partial charge in [0.15, 0.2) is 0 Å². The molecule has 4 heteroatoms. The molecule has 1 heterocycles. The Kier molecular flexibility index (Phi) is 6.91. The molecule has 3 nitrogen and oxygen atoms in total. The second kappa shape index (κ2) is 8.70. The molecule has 23 heavy (non-hydrogen) atoms. The zero-order valence-corrected chi connectivity index (χ0v) is 15.3. The Labute approximate surface area is 145 Å². The van der Waals surface area contributed by atoms with Crippen LogP contribution in [-0.4, -0.2) is 37.0 Å². The van der Waals surface area contributed by atoms with Crippen LogP contribution in [0.25, 0.3) is 0 Å². The minimum Gasteiger partial charge on any atom is -0.342 e. The molecule has 0 bridgehead atoms. The number of rotatable bonds is 6. The molecule has 1 aliphatic heterocycles. The summed E-state index contributed by atoms with van der Waals surface area (Å²) in [5, 5.41) is 4.12. The maximum Gasteiger partial charge on any atom is 0.230 e. The number of likely N-dealkylation sites (tertiary alicyclic amines) is 1. The van der Waals surface area contributed by atoms with Crippen LogP contribution in [0.5, 0.6) is 0 Å². The number of nitrogens with zero attached hydrogens (tertiary/aromatic N) is 1. The van der Waals surface area contributed by atoms with Crippen molar-refractivity contribution in [1.82, 2.24) is 10.2 Å². The fraction of sp³-hybridized carbons (Fsp3) is 0.632. The number of hydrogen-bond acceptors (Lipinski definition) is 2. The molecule has 2 rings (SSSR count). The monoisotopic (exact) mass is 336 g/mol. The summed E-state index contributed by atoms with van der Waals surface area (Å²) in [7, 11) is 0. The molecule has 1 saturated heterocycles. The van der Waals surface area contributed by atoms with E-state index in [-0.39, 0.29) is 17.7 Å². The molecule has 0 aromatic heterocycles. The van der Waals surface area contributed by atoms with Crippen molar-refractivity contribution in [2.75, 3.05) is 26.2 Å². The number of hydrogen-bond donors (Lipinski definition) is 1. The Hall–Kier alpha value is -1.06. The topological polar surface area (TPSA) is 32.3 Å². The molecule has 0 saturated carbocycles. The Bertz CT molecular complexity index is 510. The first-order chi connectivity index (χ1) is 11.0. The van der Waals surface area contributed by atoms with Gasteiger partial charge in [0.1, 0.15) is 0 Å². The molecule has 128 valence electrons. The zero-order chi connectivity index (χ0) is 16.8. The summed E-state index contributed by atoms with van der Waals surface area (Å²) < 4.78 is 0. The largest absolute Gasteiger partial charge is 0.342 e. The summed E-state index contributed by atoms with van der Waals surface area (Å²) in [4.78, 5) is 15.1. The summed E-state index contributed by atoms with van der Waals surface area (Å²) in [5.41, 5.74) is 1.03. The standard InChI is InChI=1S/C19H29ClN2O/c1-4-21-13-15-8-10-22(11-9-15)19(23)18(14(2)3)16-6-5-7-17(20)12-16/h5-7,12,14-15,18,21H,4,8-11,13H2,1-3H3. The van der Waals surface area contributed by atoms with E-state index in [0.29, 0.717) is 10.9 Å². The molecule has 1 aromatic carbocycles. The molecule has 1 N–H and O–H groups in total. The molecule has 1 amide bonds. The Balaban J connectivity index is 2.02. The van der Waals surface area contributed by atoms with Gasteiger partial charge in [-0.05, 0) is 55.5 Å². The van der Waals surface area contributed by atoms with Gasteiger partial charge in [-0.3, -0.25) is 4.79 Å². The minimum absolute atomic E-state index is 0.0981. The Morgan fingerprint density at radius 1 is 1.35 bits per heavy atom. The van der Waals surface area contributed by atoms with Crippen LogP contribution in [0.4, 0.5) is 0 Å². The van der Waals surface area contributed by atoms with Crippen LogP contribution in [0, 0.1) is 11.8 Å². The van der Waals surface area contributed by atoms with Crippen LogP contribution in [0.3, 0.4) is 0 Å². The van der Waals surface area contributed by atoms with Gasteiger partial charge in [0.05, 0.1) is 5.92 Å². The summed E-state index contributed by atoms with van der Waals surface area (Å²) in [6.45, 7) is 10.2. The third-order valence-corrected chi connectivity index (χ3v) is 4.98. The molecule has 1 unspecified atom stereocenters. The Morgan fingerprint density at radius 3 is 2.61 bits per heavy atom. The lowest BCUT2D eigenvalue weighted by molar-refractivity contribution is -0.135. The van der Waals surface area contributed by atoms with Crippen molar-refractivity contribution < 1.29 is 4.79 Å². The number of halogens is 1. The van der Waals surface area contributed by atoms with Gasteiger partial charge in [-0.1, -0.05) is 44.5 Å². The molecule has 0 aliphatic carbocycles. The van der Waals surface area contributed by atoms with Crippen LogP contribution in [0.15, 0.2) is 24.3 Å². The average molecular weight is 337 g/mol. The smallest absolute Gasteiger partial charge is 0.230 e. The van der Waals surface area contributed by atoms with Crippen LogP contribution < -0.4 is 5.32 Å². The summed E-state index contributed by atoms with van der Waals surface area (Å²) in [6.07, 6.45) is 2.19. The minimum atomic E-state index is -0.0981. The van der Waals surface area contributed by atoms with E-state index < -0.39 is 0 Å². The van der Waals surface area contributed by atoms with Gasteiger partial charge in [0, 0.05) is 18.1 Å². The quantitative estimate of drug-likeness (QED) is 0.853. The van der Waals surface area contributed by atoms with E-state index in [4.69, 9.17) is 11.6 Å². The maximum atomic E-state index is 13.0. The number of amides is 1. The SMILES string of the molecule is CCNCC1CCN(C(=O)C(c2cccc(Cl)c2)C(C)C)CC1. The third kappa shape index (κ3) is 4.95. The molecule has 1 aromatic rings. The van der Waals surface area contributed by atoms with Crippen molar-refractivity contribution in [3.05, 3.63) is 34.9 Å². The van der Waals surface area contributed by atoms with E-state index in [9.17, 15) is 4.79 Å². The average Bonchev–Trinajstić information content (AvgIpc) is 2.53. The predicted molar refractivity (Wildman–Crippen MR) is 96.9 cm³/mol. The highest BCUT2D eigenvalue weighted by molar-refractivity contribution is 6.30. The molecule has 0 spiro atoms. The van der Waals surface area contributed by atoms with Crippen molar-refractivity contribution in [3.63, 3.8) is 0 Å². The van der Waals surface area contributed by atoms with Gasteiger partial charge in [-0.15, -0.1) is 0 Å². The van der Waals surface area contributed by atoms with Gasteiger partial charge in [-0.2, -0.15) is 0 Å². The first-order valence-electron chi connectivity index (χ1n) is 8.77. The van der Waals surface area contributed by atoms with E-state index in [0.717, 1.165) is 44.6 Å². The zero-order valence-electron chi connectivity index (χ0n) is 14.5. The van der Waals surface area contributed by atoms with E-state index in [1.807, 2.05) is 29.2 Å². The van der Waals surface area contributed by atoms with Gasteiger partial charge in [-0.25, -0.2) is 0 Å². The summed E-state index contributed by atoms with van der Waals surface area (Å²) in [6, 6.07) is 7.75. The van der Waals surface area contributed by atoms with E-state index in [1.165, 1.54) is 0 Å². The number of carbonyl (C=O) groups excluding carboxylic acids is 1. The van der Waals surface area contributed by atoms with Crippen molar-refractivity contribution >= 4 is 17.5 Å². The number of carbonyl (C=O) groups is 1. The molecular weight excluding hydrogens is 308 g/mol. The highest BCUT2D eigenvalue weighted by Crippen LogP contribution is 2.30. The van der Waals surface area contributed by atoms with E-state index in [1.54, 1.807) is 0 Å². The highest BCUT2D eigenvalue weighted by atomic mass is 35.5. The van der Waals surface area contributed by atoms with Gasteiger partial charge >= 0.3 is 0 Å². The predicted octanol–water partition coefficient (Wildman–Crippen LogP) is 3.93. The second-order valence-electron chi connectivity index (χ2n) is 6.85. The molecule has 1 atom stereocenters. The normalized spacial score (nSPS) is 17.5. The van der Waals surface area contributed by atoms with Gasteiger partial charge in [0.25, 0.3) is 0 Å². The van der Waals surface area contributed by atoms with Crippen molar-refractivity contribution in [1.29, 1.82) is 0 Å². The first kappa shape index (κ1) is 18.3. The highest BCUT2D eigenvalue weighted by Gasteiger charge is 2.31. The lowest BCUT2D eigenvalue weighted by Gasteiger charge is -2.35. The van der Waals surface area contributed by atoms with Crippen molar-refractivity contribution in [2.24, 2.45) is 11.8 Å². The van der Waals surface area contributed by atoms with E-state index >= 15 is 0 Å². The first-order valence-corrected chi connectivity index (χ1v) is 9.15. The van der Waals surface area contributed by atoms with Gasteiger partial charge in [0.2, 0.25) is 5.91 Å². The number of nitrogens with one attached hydrogen (secondary N) is 1. The summed E-state index contributed by atoms with van der Waals surface area (Å²) in [5.74, 6) is 1.12. The van der Waals surface area contributed by atoms with Gasteiger partial charge < -0.3 is 10.2 Å². The fourth-order valence-electron chi connectivity index (χ4n) is 3.42. The van der Waals surface area contributed by atoms with Crippen molar-refractivity contribution in [2.45, 2.75) is 39.5 Å². The molecular formula is C19H29ClN2O. The number of benzene rings is 1. The van der Waals surface area contributed by atoms with Crippen LogP contribution in [0.2, 0.25) is 5.02 Å². The van der Waals surface area contributed by atoms with E-state index in [2.05, 4.69) is 26.1 Å². The van der Waals surface area contributed by atoms with Crippen LogP contribution in [-0.2, 0) is 4.79 Å². The molecule has 0 radical (unpaired) electrons. The lowest BCUT2D eigenvalue weighted by Crippen LogP contribution is -2.43. The molecule has 1 aliphatic rings. The lowest BCUT2D eigenvalue weighted by atomic mass is 9.86. The third-order valence-electron chi connectivity index (χ3n) is 4.75. The fourth-order valence-corrected chi connectivity index (χ4v) is 3.61. The Morgan fingerprint density at radius 2 is 2.04 bits per heavy atom. The second-order valence-corrected chi connectivity index (χ2v) is 7.29. The van der Waals surface area contributed by atoms with Crippen LogP contribution >= 0.6 is 11.6 Å². The molecule has 1 fully saturated rings. The maximum absolute atomic E-state index is 13.0. The van der Waals surface area contributed by atoms with Crippen molar-refractivity contribution in [3.8, 4) is 0 Å². The van der Waals surface area contributed by atoms with Crippen LogP contribution in [0.1, 0.15) is 45.1 Å².